The summed E-state index contributed by atoms with van der Waals surface area (Å²) in [4.78, 5) is 25.0. The summed E-state index contributed by atoms with van der Waals surface area (Å²) in [6.07, 6.45) is 0. The summed E-state index contributed by atoms with van der Waals surface area (Å²) < 4.78 is 2.44. The molecule has 2 amide bonds. The molecule has 4 nitrogen and oxygen atoms in total. The van der Waals surface area contributed by atoms with E-state index in [4.69, 9.17) is 0 Å². The molecule has 0 aliphatic heterocycles. The van der Waals surface area contributed by atoms with Crippen molar-refractivity contribution < 1.29 is 9.59 Å². The van der Waals surface area contributed by atoms with Gasteiger partial charge in [-0.3, -0.25) is 0 Å². The van der Waals surface area contributed by atoms with E-state index in [9.17, 15) is 9.59 Å². The van der Waals surface area contributed by atoms with Gasteiger partial charge in [0.2, 0.25) is 0 Å². The van der Waals surface area contributed by atoms with Gasteiger partial charge in [-0.2, -0.15) is 0 Å². The molecule has 4 aromatic rings. The van der Waals surface area contributed by atoms with E-state index < -0.39 is 43.8 Å². The topological polar surface area (TPSA) is 58.2 Å². The Morgan fingerprint density at radius 2 is 0.861 bits per heavy atom. The van der Waals surface area contributed by atoms with Crippen LogP contribution < -0.4 is 17.9 Å². The van der Waals surface area contributed by atoms with Gasteiger partial charge in [0.25, 0.3) is 0 Å². The van der Waals surface area contributed by atoms with Gasteiger partial charge in [0.05, 0.1) is 0 Å². The molecule has 36 heavy (non-hydrogen) atoms. The van der Waals surface area contributed by atoms with Crippen molar-refractivity contribution >= 4 is 96.4 Å². The molecule has 0 heterocycles. The number of para-hydroxylation sites is 2. The van der Waals surface area contributed by atoms with Gasteiger partial charge >= 0.3 is 247 Å². The van der Waals surface area contributed by atoms with E-state index in [2.05, 4.69) is 54.6 Å². The van der Waals surface area contributed by atoms with Crippen LogP contribution in [0.25, 0.3) is 0 Å². The summed E-state index contributed by atoms with van der Waals surface area (Å²) in [6, 6.07) is 35.4. The SMILES string of the molecule is O=C(Nc1ccccc1[Te][Te]c1ccccc1NC(=O)C(Br)c1ccccc1)C(Br)c1ccccc1. The molecule has 8 heteroatoms. The van der Waals surface area contributed by atoms with E-state index in [0.29, 0.717) is 0 Å². The Balaban J connectivity index is 1.43. The number of halogens is 2. The Hall–Kier alpha value is -1.64. The summed E-state index contributed by atoms with van der Waals surface area (Å²) in [7, 11) is 0. The van der Waals surface area contributed by atoms with Crippen molar-refractivity contribution in [2.24, 2.45) is 0 Å². The zero-order valence-corrected chi connectivity index (χ0v) is 26.8. The van der Waals surface area contributed by atoms with Gasteiger partial charge in [-0.05, 0) is 0 Å². The van der Waals surface area contributed by atoms with Gasteiger partial charge in [-0.15, -0.1) is 0 Å². The fraction of sp³-hybridized carbons (Fsp3) is 0.0714. The molecule has 2 unspecified atom stereocenters. The van der Waals surface area contributed by atoms with Crippen LogP contribution >= 0.6 is 31.9 Å². The first-order valence-corrected chi connectivity index (χ1v) is 22.5. The van der Waals surface area contributed by atoms with Crippen LogP contribution in [0.2, 0.25) is 0 Å². The molecule has 0 saturated carbocycles. The Bertz CT molecular complexity index is 1220. The quantitative estimate of drug-likeness (QED) is 0.182. The third-order valence-electron chi connectivity index (χ3n) is 5.16. The van der Waals surface area contributed by atoms with Crippen molar-refractivity contribution in [3.8, 4) is 0 Å². The molecular formula is C28H22Br2N2O2Te2. The Labute approximate surface area is 244 Å². The average Bonchev–Trinajstić information content (AvgIpc) is 2.93. The molecule has 0 spiro atoms. The molecule has 0 bridgehead atoms. The van der Waals surface area contributed by atoms with Crippen molar-refractivity contribution in [1.82, 2.24) is 0 Å². The average molecular weight is 834 g/mol. The molecule has 182 valence electrons. The summed E-state index contributed by atoms with van der Waals surface area (Å²) in [5.74, 6) is -0.169. The Morgan fingerprint density at radius 1 is 0.528 bits per heavy atom. The fourth-order valence-electron chi connectivity index (χ4n) is 3.31. The number of hydrogen-bond acceptors (Lipinski definition) is 2. The second-order valence-electron chi connectivity index (χ2n) is 7.68. The number of benzene rings is 4. The van der Waals surface area contributed by atoms with E-state index in [1.54, 1.807) is 0 Å². The standard InChI is InChI=1S/C28H22Br2N2O2Te2/c29-25(19-11-3-1-4-12-19)27(33)31-21-15-7-9-17-23(21)35-36-24-18-10-8-16-22(24)32-28(34)26(30)20-13-5-2-6-14-20/h1-18,25-26H,(H,31,33)(H,32,34). The van der Waals surface area contributed by atoms with Crippen LogP contribution in [-0.2, 0) is 9.59 Å². The van der Waals surface area contributed by atoms with Gasteiger partial charge in [0.15, 0.2) is 0 Å². The first-order chi connectivity index (χ1) is 17.5. The molecule has 0 radical (unpaired) electrons. The maximum atomic E-state index is 12.9. The maximum absolute atomic E-state index is 12.9. The minimum atomic E-state index is -0.562. The van der Waals surface area contributed by atoms with Gasteiger partial charge in [-0.25, -0.2) is 0 Å². The van der Waals surface area contributed by atoms with Crippen LogP contribution in [0.4, 0.5) is 11.4 Å². The molecule has 2 atom stereocenters. The summed E-state index contributed by atoms with van der Waals surface area (Å²) in [6.45, 7) is 0. The van der Waals surface area contributed by atoms with Crippen molar-refractivity contribution in [2.75, 3.05) is 10.6 Å². The minimum absolute atomic E-state index is 0.0846. The molecular weight excluding hydrogens is 811 g/mol. The number of carbonyl (C=O) groups is 2. The molecule has 0 aliphatic rings. The second-order valence-corrected chi connectivity index (χ2v) is 19.4. The van der Waals surface area contributed by atoms with Gasteiger partial charge < -0.3 is 0 Å². The van der Waals surface area contributed by atoms with Crippen LogP contribution in [0.5, 0.6) is 0 Å². The number of anilines is 2. The fourth-order valence-corrected chi connectivity index (χ4v) is 15.6. The van der Waals surface area contributed by atoms with E-state index in [0.717, 1.165) is 22.5 Å². The predicted octanol–water partition coefficient (Wildman–Crippen LogP) is 5.11. The van der Waals surface area contributed by atoms with Crippen LogP contribution in [0.1, 0.15) is 20.8 Å². The van der Waals surface area contributed by atoms with Crippen molar-refractivity contribution in [3.63, 3.8) is 0 Å². The van der Waals surface area contributed by atoms with Gasteiger partial charge in [0, 0.05) is 0 Å². The Morgan fingerprint density at radius 3 is 1.25 bits per heavy atom. The van der Waals surface area contributed by atoms with E-state index >= 15 is 0 Å². The first kappa shape index (κ1) is 27.4. The third kappa shape index (κ3) is 7.45. The van der Waals surface area contributed by atoms with Crippen molar-refractivity contribution in [3.05, 3.63) is 120 Å². The monoisotopic (exact) mass is 836 g/mol. The number of carbonyl (C=O) groups excluding carboxylic acids is 2. The van der Waals surface area contributed by atoms with E-state index in [-0.39, 0.29) is 11.8 Å². The van der Waals surface area contributed by atoms with Crippen LogP contribution in [0, 0.1) is 0 Å². The molecule has 0 fully saturated rings. The number of nitrogens with one attached hydrogen (secondary N) is 2. The number of alkyl halides is 2. The molecule has 4 rings (SSSR count). The van der Waals surface area contributed by atoms with E-state index in [1.807, 2.05) is 97.1 Å². The van der Waals surface area contributed by atoms with Crippen molar-refractivity contribution in [1.29, 1.82) is 0 Å². The van der Waals surface area contributed by atoms with Crippen LogP contribution in [-0.4, -0.2) is 45.9 Å². The molecule has 0 aromatic heterocycles. The third-order valence-corrected chi connectivity index (χ3v) is 18.8. The number of rotatable bonds is 9. The molecule has 0 aliphatic carbocycles. The summed E-state index contributed by atoms with van der Waals surface area (Å²) in [5.41, 5.74) is 3.59. The number of hydrogen-bond donors (Lipinski definition) is 2. The van der Waals surface area contributed by atoms with Gasteiger partial charge in [-0.1, -0.05) is 0 Å². The first-order valence-electron chi connectivity index (χ1n) is 11.1. The van der Waals surface area contributed by atoms with Crippen molar-refractivity contribution in [2.45, 2.75) is 9.65 Å². The molecule has 2 N–H and O–H groups in total. The molecule has 0 saturated heterocycles. The number of amides is 2. The normalized spacial score (nSPS) is 12.4. The summed E-state index contributed by atoms with van der Waals surface area (Å²) >= 11 is 5.94. The Kier molecular flexibility index (Phi) is 10.5. The van der Waals surface area contributed by atoms with E-state index in [1.165, 1.54) is 7.22 Å². The predicted molar refractivity (Wildman–Crippen MR) is 157 cm³/mol. The van der Waals surface area contributed by atoms with Crippen LogP contribution in [0.15, 0.2) is 109 Å². The zero-order chi connectivity index (χ0) is 25.3. The zero-order valence-electron chi connectivity index (χ0n) is 18.9. The van der Waals surface area contributed by atoms with Crippen LogP contribution in [0.3, 0.4) is 0 Å². The molecule has 4 aromatic carbocycles. The van der Waals surface area contributed by atoms with Gasteiger partial charge in [0.1, 0.15) is 0 Å². The second kappa shape index (κ2) is 13.8. The summed E-state index contributed by atoms with van der Waals surface area (Å²) in [5, 5.41) is 6.23.